The van der Waals surface area contributed by atoms with Gasteiger partial charge in [-0.05, 0) is 60.2 Å². The average molecular weight is 406 g/mol. The normalized spacial score (nSPS) is 18.3. The maximum Gasteiger partial charge on any atom is 0.177 e. The van der Waals surface area contributed by atoms with Gasteiger partial charge in [0, 0.05) is 30.7 Å². The standard InChI is InChI=1S/C25H22N6/c1-18-8-10-20(6-3-4-15-30(18)2)23-12-13-24-27-28-25(31(24)29-23)17-19-9-11-22-21(16-19)7-5-14-26-22/h4-16H,1,3,17H2,2H3/b10-8-,15-4-,20-6+. The number of aromatic nitrogens is 5. The first-order valence-electron chi connectivity index (χ1n) is 10.2. The van der Waals surface area contributed by atoms with E-state index in [0.29, 0.717) is 6.42 Å². The molecular formula is C25H22N6. The van der Waals surface area contributed by atoms with E-state index in [9.17, 15) is 0 Å². The number of hydrogen-bond donors (Lipinski definition) is 0. The number of allylic oxidation sites excluding steroid dienone is 5. The lowest BCUT2D eigenvalue weighted by molar-refractivity contribution is 0.590. The van der Waals surface area contributed by atoms with Gasteiger partial charge in [-0.25, -0.2) is 0 Å². The maximum atomic E-state index is 4.86. The van der Waals surface area contributed by atoms with Gasteiger partial charge in [0.15, 0.2) is 11.5 Å². The molecule has 0 fully saturated rings. The van der Waals surface area contributed by atoms with E-state index in [1.54, 1.807) is 0 Å². The van der Waals surface area contributed by atoms with Crippen LogP contribution in [0.25, 0.3) is 22.1 Å². The van der Waals surface area contributed by atoms with Crippen molar-refractivity contribution in [2.24, 2.45) is 0 Å². The topological polar surface area (TPSA) is 59.2 Å². The number of rotatable bonds is 3. The van der Waals surface area contributed by atoms with Crippen LogP contribution in [0.4, 0.5) is 0 Å². The van der Waals surface area contributed by atoms with E-state index in [1.807, 2.05) is 59.2 Å². The van der Waals surface area contributed by atoms with Crippen LogP contribution >= 0.6 is 0 Å². The fourth-order valence-corrected chi connectivity index (χ4v) is 3.59. The lowest BCUT2D eigenvalue weighted by Crippen LogP contribution is -2.06. The minimum atomic E-state index is 0.641. The quantitative estimate of drug-likeness (QED) is 0.499. The summed E-state index contributed by atoms with van der Waals surface area (Å²) in [5, 5.41) is 14.7. The Kier molecular flexibility index (Phi) is 4.88. The zero-order valence-electron chi connectivity index (χ0n) is 17.3. The lowest BCUT2D eigenvalue weighted by atomic mass is 10.1. The molecule has 1 aliphatic heterocycles. The molecule has 0 saturated carbocycles. The Hall–Kier alpha value is -4.06. The van der Waals surface area contributed by atoms with Gasteiger partial charge in [-0.15, -0.1) is 10.2 Å². The summed E-state index contributed by atoms with van der Waals surface area (Å²) in [6.07, 6.45) is 13.6. The number of hydrogen-bond acceptors (Lipinski definition) is 5. The van der Waals surface area contributed by atoms with Gasteiger partial charge >= 0.3 is 0 Å². The second-order valence-corrected chi connectivity index (χ2v) is 7.53. The molecule has 4 aromatic rings. The summed E-state index contributed by atoms with van der Waals surface area (Å²) in [7, 11) is 1.99. The van der Waals surface area contributed by atoms with E-state index in [2.05, 4.69) is 58.2 Å². The van der Waals surface area contributed by atoms with Crippen molar-refractivity contribution in [1.82, 2.24) is 29.7 Å². The van der Waals surface area contributed by atoms with Crippen molar-refractivity contribution < 1.29 is 0 Å². The molecule has 0 N–H and O–H groups in total. The van der Waals surface area contributed by atoms with Crippen molar-refractivity contribution in [2.75, 3.05) is 7.05 Å². The van der Waals surface area contributed by atoms with E-state index in [4.69, 9.17) is 5.10 Å². The van der Waals surface area contributed by atoms with Crippen LogP contribution in [-0.2, 0) is 6.42 Å². The van der Waals surface area contributed by atoms with Crippen molar-refractivity contribution in [2.45, 2.75) is 12.8 Å². The molecule has 0 saturated heterocycles. The highest BCUT2D eigenvalue weighted by Crippen LogP contribution is 2.20. The molecule has 0 atom stereocenters. The number of nitrogens with zero attached hydrogens (tertiary/aromatic N) is 6. The van der Waals surface area contributed by atoms with Crippen LogP contribution < -0.4 is 0 Å². The molecule has 0 amide bonds. The predicted octanol–water partition coefficient (Wildman–Crippen LogP) is 4.57. The molecule has 0 spiro atoms. The lowest BCUT2D eigenvalue weighted by Gasteiger charge is -2.12. The molecule has 3 aromatic heterocycles. The Morgan fingerprint density at radius 2 is 2.00 bits per heavy atom. The zero-order valence-corrected chi connectivity index (χ0v) is 17.3. The SMILES string of the molecule is C=C1/C=C\C(c2ccc3nnc(Cc4ccc5ncccc5c4)n3n2)=C/C/C=C\N1C. The van der Waals surface area contributed by atoms with Crippen LogP contribution in [0.2, 0.25) is 0 Å². The summed E-state index contributed by atoms with van der Waals surface area (Å²) in [6, 6.07) is 14.2. The first-order valence-corrected chi connectivity index (χ1v) is 10.2. The minimum Gasteiger partial charge on any atom is -0.352 e. The van der Waals surface area contributed by atoms with Gasteiger partial charge in [0.05, 0.1) is 11.2 Å². The summed E-state index contributed by atoms with van der Waals surface area (Å²) < 4.78 is 1.83. The molecule has 5 rings (SSSR count). The van der Waals surface area contributed by atoms with Crippen LogP contribution in [0.5, 0.6) is 0 Å². The second-order valence-electron chi connectivity index (χ2n) is 7.53. The smallest absolute Gasteiger partial charge is 0.177 e. The monoisotopic (exact) mass is 406 g/mol. The van der Waals surface area contributed by atoms with Gasteiger partial charge in [-0.3, -0.25) is 4.98 Å². The number of benzene rings is 1. The number of pyridine rings is 1. The Labute approximate surface area is 180 Å². The summed E-state index contributed by atoms with van der Waals surface area (Å²) in [5.74, 6) is 0.803. The van der Waals surface area contributed by atoms with Gasteiger partial charge < -0.3 is 4.90 Å². The molecule has 152 valence electrons. The summed E-state index contributed by atoms with van der Waals surface area (Å²) >= 11 is 0. The molecule has 0 radical (unpaired) electrons. The Bertz CT molecular complexity index is 1380. The molecule has 1 aromatic carbocycles. The highest BCUT2D eigenvalue weighted by atomic mass is 15.4. The van der Waals surface area contributed by atoms with Crippen molar-refractivity contribution in [3.63, 3.8) is 0 Å². The van der Waals surface area contributed by atoms with Crippen LogP contribution in [-0.4, -0.2) is 36.7 Å². The molecule has 4 heterocycles. The minimum absolute atomic E-state index is 0.641. The van der Waals surface area contributed by atoms with Gasteiger partial charge in [0.2, 0.25) is 0 Å². The Balaban J connectivity index is 1.50. The first kappa shape index (κ1) is 18.9. The molecule has 0 bridgehead atoms. The highest BCUT2D eigenvalue weighted by molar-refractivity contribution is 5.79. The first-order chi connectivity index (χ1) is 15.2. The molecule has 0 aliphatic carbocycles. The third-order valence-electron chi connectivity index (χ3n) is 5.36. The Morgan fingerprint density at radius 3 is 2.94 bits per heavy atom. The molecule has 6 heteroatoms. The van der Waals surface area contributed by atoms with Crippen LogP contribution in [0.1, 0.15) is 23.5 Å². The van der Waals surface area contributed by atoms with E-state index in [0.717, 1.165) is 51.3 Å². The van der Waals surface area contributed by atoms with E-state index in [1.165, 1.54) is 0 Å². The fourth-order valence-electron chi connectivity index (χ4n) is 3.59. The summed E-state index contributed by atoms with van der Waals surface area (Å²) in [6.45, 7) is 4.10. The van der Waals surface area contributed by atoms with E-state index in [-0.39, 0.29) is 0 Å². The fraction of sp³-hybridized carbons (Fsp3) is 0.120. The van der Waals surface area contributed by atoms with Crippen LogP contribution in [0, 0.1) is 0 Å². The van der Waals surface area contributed by atoms with Crippen molar-refractivity contribution in [3.05, 3.63) is 109 Å². The molecule has 0 unspecified atom stereocenters. The second kappa shape index (κ2) is 7.99. The van der Waals surface area contributed by atoms with Gasteiger partial charge in [0.25, 0.3) is 0 Å². The average Bonchev–Trinajstić information content (AvgIpc) is 3.22. The predicted molar refractivity (Wildman–Crippen MR) is 123 cm³/mol. The van der Waals surface area contributed by atoms with E-state index >= 15 is 0 Å². The van der Waals surface area contributed by atoms with Gasteiger partial charge in [-0.2, -0.15) is 9.61 Å². The summed E-state index contributed by atoms with van der Waals surface area (Å²) in [5.41, 5.74) is 5.70. The van der Waals surface area contributed by atoms with Crippen LogP contribution in [0.3, 0.4) is 0 Å². The molecule has 1 aliphatic rings. The third-order valence-corrected chi connectivity index (χ3v) is 5.36. The molecule has 31 heavy (non-hydrogen) atoms. The number of fused-ring (bicyclic) bond motifs is 2. The van der Waals surface area contributed by atoms with Crippen molar-refractivity contribution in [3.8, 4) is 0 Å². The van der Waals surface area contributed by atoms with Gasteiger partial charge in [-0.1, -0.05) is 36.9 Å². The largest absolute Gasteiger partial charge is 0.352 e. The third kappa shape index (κ3) is 3.88. The molecular weight excluding hydrogens is 384 g/mol. The summed E-state index contributed by atoms with van der Waals surface area (Å²) in [4.78, 5) is 6.39. The number of likely N-dealkylation sites (N-methyl/N-ethyl adjacent to an activating group) is 1. The van der Waals surface area contributed by atoms with Crippen molar-refractivity contribution >= 4 is 22.1 Å². The zero-order chi connectivity index (χ0) is 21.2. The van der Waals surface area contributed by atoms with Crippen molar-refractivity contribution in [1.29, 1.82) is 0 Å². The van der Waals surface area contributed by atoms with Crippen LogP contribution in [0.15, 0.2) is 91.4 Å². The van der Waals surface area contributed by atoms with E-state index < -0.39 is 0 Å². The highest BCUT2D eigenvalue weighted by Gasteiger charge is 2.11. The Morgan fingerprint density at radius 1 is 1.06 bits per heavy atom. The molecule has 6 nitrogen and oxygen atoms in total. The van der Waals surface area contributed by atoms with Gasteiger partial charge in [0.1, 0.15) is 0 Å². The maximum absolute atomic E-state index is 4.86.